The number of alkyl halides is 3. The standard InChI is InChI=1S/C20H25F3N2O2/c1-13-6-5-8-14(13)7-3-2-4-9-17-19(26)25-18-12-15(27-20(21,22)23)10-11-16(18)24-17/h10-14H,2-9H2,1H3,(H,25,26)/t13?,14-/m1/s1. The molecule has 1 aromatic carbocycles. The molecule has 3 rings (SSSR count). The second kappa shape index (κ2) is 8.31. The number of unbranched alkanes of at least 4 members (excludes halogenated alkanes) is 2. The Balaban J connectivity index is 1.56. The van der Waals surface area contributed by atoms with Crippen molar-refractivity contribution in [1.29, 1.82) is 0 Å². The molecule has 2 aromatic rings. The van der Waals surface area contributed by atoms with Crippen molar-refractivity contribution in [2.45, 2.75) is 64.7 Å². The average molecular weight is 382 g/mol. The second-order valence-corrected chi connectivity index (χ2v) is 7.51. The Morgan fingerprint density at radius 2 is 2.04 bits per heavy atom. The van der Waals surface area contributed by atoms with Gasteiger partial charge in [-0.2, -0.15) is 0 Å². The smallest absolute Gasteiger partial charge is 0.406 e. The van der Waals surface area contributed by atoms with E-state index in [0.717, 1.165) is 30.7 Å². The van der Waals surface area contributed by atoms with Gasteiger partial charge in [0.25, 0.3) is 5.56 Å². The molecule has 1 aliphatic rings. The molecule has 0 saturated heterocycles. The van der Waals surface area contributed by atoms with E-state index in [0.29, 0.717) is 17.6 Å². The minimum absolute atomic E-state index is 0.237. The van der Waals surface area contributed by atoms with Crippen LogP contribution in [-0.4, -0.2) is 16.3 Å². The van der Waals surface area contributed by atoms with Gasteiger partial charge < -0.3 is 9.72 Å². The number of rotatable bonds is 7. The van der Waals surface area contributed by atoms with Gasteiger partial charge in [0, 0.05) is 6.07 Å². The number of ether oxygens (including phenoxy) is 1. The molecule has 0 radical (unpaired) electrons. The molecule has 1 N–H and O–H groups in total. The molecule has 1 aliphatic carbocycles. The first-order valence-electron chi connectivity index (χ1n) is 9.60. The van der Waals surface area contributed by atoms with Crippen LogP contribution >= 0.6 is 0 Å². The van der Waals surface area contributed by atoms with Crippen LogP contribution in [0.15, 0.2) is 23.0 Å². The summed E-state index contributed by atoms with van der Waals surface area (Å²) in [5.74, 6) is 1.31. The number of benzene rings is 1. The van der Waals surface area contributed by atoms with E-state index >= 15 is 0 Å². The number of H-pyrrole nitrogens is 1. The Hall–Kier alpha value is -2.05. The summed E-state index contributed by atoms with van der Waals surface area (Å²) in [5, 5.41) is 0. The van der Waals surface area contributed by atoms with Gasteiger partial charge in [-0.3, -0.25) is 4.79 Å². The SMILES string of the molecule is CC1CCC[C@H]1CCCCCc1nc2ccc(OC(F)(F)F)cc2[nH]c1=O. The van der Waals surface area contributed by atoms with Gasteiger partial charge in [-0.05, 0) is 36.8 Å². The maximum atomic E-state index is 12.3. The number of halogens is 3. The molecule has 2 atom stereocenters. The largest absolute Gasteiger partial charge is 0.573 e. The first-order chi connectivity index (χ1) is 12.8. The third-order valence-corrected chi connectivity index (χ3v) is 5.49. The first-order valence-corrected chi connectivity index (χ1v) is 9.60. The lowest BCUT2D eigenvalue weighted by Crippen LogP contribution is -2.18. The summed E-state index contributed by atoms with van der Waals surface area (Å²) in [7, 11) is 0. The molecule has 4 nitrogen and oxygen atoms in total. The normalized spacial score (nSPS) is 20.3. The summed E-state index contributed by atoms with van der Waals surface area (Å²) in [5.41, 5.74) is 0.775. The number of hydrogen-bond acceptors (Lipinski definition) is 3. The molecule has 0 aliphatic heterocycles. The molecular formula is C20H25F3N2O2. The van der Waals surface area contributed by atoms with Crippen molar-refractivity contribution in [1.82, 2.24) is 9.97 Å². The van der Waals surface area contributed by atoms with Crippen molar-refractivity contribution in [2.24, 2.45) is 11.8 Å². The van der Waals surface area contributed by atoms with Crippen LogP contribution in [0.3, 0.4) is 0 Å². The van der Waals surface area contributed by atoms with E-state index in [1.807, 2.05) is 0 Å². The van der Waals surface area contributed by atoms with Gasteiger partial charge in [-0.25, -0.2) is 4.98 Å². The van der Waals surface area contributed by atoms with Crippen LogP contribution in [0.2, 0.25) is 0 Å². The van der Waals surface area contributed by atoms with Gasteiger partial charge in [0.15, 0.2) is 0 Å². The summed E-state index contributed by atoms with van der Waals surface area (Å²) in [6, 6.07) is 3.77. The van der Waals surface area contributed by atoms with E-state index < -0.39 is 6.36 Å². The van der Waals surface area contributed by atoms with E-state index in [4.69, 9.17) is 0 Å². The quantitative estimate of drug-likeness (QED) is 0.656. The summed E-state index contributed by atoms with van der Waals surface area (Å²) < 4.78 is 40.8. The Bertz CT molecular complexity index is 832. The van der Waals surface area contributed by atoms with E-state index in [2.05, 4.69) is 21.6 Å². The predicted octanol–water partition coefficient (Wildman–Crippen LogP) is 5.36. The molecule has 0 amide bonds. The molecule has 0 spiro atoms. The second-order valence-electron chi connectivity index (χ2n) is 7.51. The van der Waals surface area contributed by atoms with Crippen LogP contribution in [0.25, 0.3) is 11.0 Å². The van der Waals surface area contributed by atoms with Gasteiger partial charge in [0.2, 0.25) is 0 Å². The van der Waals surface area contributed by atoms with Crippen molar-refractivity contribution in [3.8, 4) is 5.75 Å². The summed E-state index contributed by atoms with van der Waals surface area (Å²) in [6.07, 6.45) is 4.20. The number of aromatic amines is 1. The molecule has 7 heteroatoms. The minimum atomic E-state index is -4.77. The van der Waals surface area contributed by atoms with Crippen LogP contribution in [0, 0.1) is 11.8 Å². The van der Waals surface area contributed by atoms with Crippen molar-refractivity contribution < 1.29 is 17.9 Å². The number of nitrogens with one attached hydrogen (secondary N) is 1. The summed E-state index contributed by atoms with van der Waals surface area (Å²) >= 11 is 0. The van der Waals surface area contributed by atoms with Crippen LogP contribution in [0.1, 0.15) is 57.6 Å². The molecule has 0 bridgehead atoms. The Kier molecular flexibility index (Phi) is 6.07. The van der Waals surface area contributed by atoms with E-state index in [1.165, 1.54) is 44.2 Å². The molecule has 1 heterocycles. The van der Waals surface area contributed by atoms with Crippen molar-refractivity contribution >= 4 is 11.0 Å². The van der Waals surface area contributed by atoms with Crippen LogP contribution in [-0.2, 0) is 6.42 Å². The number of fused-ring (bicyclic) bond motifs is 1. The molecule has 1 unspecified atom stereocenters. The van der Waals surface area contributed by atoms with E-state index in [9.17, 15) is 18.0 Å². The van der Waals surface area contributed by atoms with Gasteiger partial charge in [-0.1, -0.05) is 45.4 Å². The van der Waals surface area contributed by atoms with Crippen molar-refractivity contribution in [2.75, 3.05) is 0 Å². The fraction of sp³-hybridized carbons (Fsp3) is 0.600. The third kappa shape index (κ3) is 5.47. The highest BCUT2D eigenvalue weighted by Gasteiger charge is 2.31. The van der Waals surface area contributed by atoms with Gasteiger partial charge >= 0.3 is 6.36 Å². The Labute approximate surface area is 156 Å². The van der Waals surface area contributed by atoms with Gasteiger partial charge in [-0.15, -0.1) is 13.2 Å². The van der Waals surface area contributed by atoms with Crippen LogP contribution in [0.4, 0.5) is 13.2 Å². The number of nitrogens with zero attached hydrogens (tertiary/aromatic N) is 1. The lowest BCUT2D eigenvalue weighted by atomic mass is 9.92. The Morgan fingerprint density at radius 1 is 1.22 bits per heavy atom. The van der Waals surface area contributed by atoms with Gasteiger partial charge in [0.1, 0.15) is 11.4 Å². The predicted molar refractivity (Wildman–Crippen MR) is 97.7 cm³/mol. The number of aryl methyl sites for hydroxylation is 1. The van der Waals surface area contributed by atoms with E-state index in [-0.39, 0.29) is 16.8 Å². The molecule has 27 heavy (non-hydrogen) atoms. The minimum Gasteiger partial charge on any atom is -0.406 e. The lowest BCUT2D eigenvalue weighted by molar-refractivity contribution is -0.274. The molecular weight excluding hydrogens is 357 g/mol. The zero-order chi connectivity index (χ0) is 19.4. The van der Waals surface area contributed by atoms with Crippen molar-refractivity contribution in [3.05, 3.63) is 34.2 Å². The monoisotopic (exact) mass is 382 g/mol. The first kappa shape index (κ1) is 19.7. The van der Waals surface area contributed by atoms with Crippen LogP contribution in [0.5, 0.6) is 5.75 Å². The number of aromatic nitrogens is 2. The third-order valence-electron chi connectivity index (χ3n) is 5.49. The Morgan fingerprint density at radius 3 is 2.74 bits per heavy atom. The fourth-order valence-corrected chi connectivity index (χ4v) is 4.00. The maximum absolute atomic E-state index is 12.3. The molecule has 1 saturated carbocycles. The zero-order valence-electron chi connectivity index (χ0n) is 15.4. The zero-order valence-corrected chi connectivity index (χ0v) is 15.4. The summed E-state index contributed by atoms with van der Waals surface area (Å²) in [4.78, 5) is 19.1. The molecule has 148 valence electrons. The van der Waals surface area contributed by atoms with Crippen LogP contribution < -0.4 is 10.3 Å². The fourth-order valence-electron chi connectivity index (χ4n) is 4.00. The summed E-state index contributed by atoms with van der Waals surface area (Å²) in [6.45, 7) is 2.33. The lowest BCUT2D eigenvalue weighted by Gasteiger charge is -2.14. The van der Waals surface area contributed by atoms with Crippen molar-refractivity contribution in [3.63, 3.8) is 0 Å². The van der Waals surface area contributed by atoms with Gasteiger partial charge in [0.05, 0.1) is 11.0 Å². The molecule has 1 aromatic heterocycles. The highest BCUT2D eigenvalue weighted by molar-refractivity contribution is 5.75. The highest BCUT2D eigenvalue weighted by Crippen LogP contribution is 2.34. The number of hydrogen-bond donors (Lipinski definition) is 1. The highest BCUT2D eigenvalue weighted by atomic mass is 19.4. The average Bonchev–Trinajstić information content (AvgIpc) is 2.98. The maximum Gasteiger partial charge on any atom is 0.573 e. The van der Waals surface area contributed by atoms with E-state index in [1.54, 1.807) is 0 Å². The topological polar surface area (TPSA) is 55.0 Å². The molecule has 1 fully saturated rings.